The first-order chi connectivity index (χ1) is 14.3. The van der Waals surface area contributed by atoms with Crippen molar-refractivity contribution < 1.29 is 29.3 Å². The number of thiocarbonyl (C=S) groups is 1. The fourth-order valence-electron chi connectivity index (χ4n) is 2.71. The Balaban J connectivity index is 1.76. The molecule has 1 amide bonds. The molecule has 0 aromatic heterocycles. The molecule has 2 aromatic carbocycles. The zero-order chi connectivity index (χ0) is 21.8. The van der Waals surface area contributed by atoms with Gasteiger partial charge in [0.15, 0.2) is 10.4 Å². The average molecular weight is 444 g/mol. The van der Waals surface area contributed by atoms with E-state index in [1.165, 1.54) is 29.2 Å². The van der Waals surface area contributed by atoms with Crippen molar-refractivity contribution >= 4 is 57.9 Å². The van der Waals surface area contributed by atoms with Gasteiger partial charge in [-0.15, -0.1) is 0 Å². The minimum Gasteiger partial charge on any atom is -0.479 e. The Kier molecular flexibility index (Phi) is 6.53. The van der Waals surface area contributed by atoms with E-state index in [9.17, 15) is 14.4 Å². The maximum Gasteiger partial charge on any atom is 0.344 e. The molecule has 154 valence electrons. The number of carboxylic acids is 2. The van der Waals surface area contributed by atoms with Crippen molar-refractivity contribution in [2.24, 2.45) is 0 Å². The predicted molar refractivity (Wildman–Crippen MR) is 118 cm³/mol. The largest absolute Gasteiger partial charge is 0.479 e. The highest BCUT2D eigenvalue weighted by atomic mass is 32.2. The monoisotopic (exact) mass is 443 g/mol. The molecule has 0 saturated carbocycles. The van der Waals surface area contributed by atoms with Crippen molar-refractivity contribution in [3.8, 4) is 5.75 Å². The van der Waals surface area contributed by atoms with Gasteiger partial charge in [-0.05, 0) is 54.5 Å². The van der Waals surface area contributed by atoms with E-state index in [0.717, 1.165) is 17.3 Å². The Hall–Kier alpha value is -3.17. The first kappa shape index (κ1) is 21.5. The number of benzene rings is 2. The summed E-state index contributed by atoms with van der Waals surface area (Å²) in [7, 11) is 0. The van der Waals surface area contributed by atoms with Crippen molar-refractivity contribution in [1.29, 1.82) is 0 Å². The zero-order valence-corrected chi connectivity index (χ0v) is 17.4. The molecule has 0 aliphatic carbocycles. The van der Waals surface area contributed by atoms with E-state index in [4.69, 9.17) is 27.2 Å². The van der Waals surface area contributed by atoms with E-state index in [-0.39, 0.29) is 11.5 Å². The molecular weight excluding hydrogens is 426 g/mol. The predicted octanol–water partition coefficient (Wildman–Crippen LogP) is 4.03. The number of hydrogen-bond donors (Lipinski definition) is 2. The first-order valence-electron chi connectivity index (χ1n) is 8.91. The van der Waals surface area contributed by atoms with Crippen LogP contribution in [0.3, 0.4) is 0 Å². The number of aromatic carboxylic acids is 1. The van der Waals surface area contributed by atoms with Crippen LogP contribution in [0.4, 0.5) is 5.69 Å². The lowest BCUT2D eigenvalue weighted by atomic mass is 10.2. The molecule has 9 heteroatoms. The fraction of sp³-hybridized carbons (Fsp3) is 0.143. The van der Waals surface area contributed by atoms with E-state index < -0.39 is 18.0 Å². The average Bonchev–Trinajstić information content (AvgIpc) is 3.00. The lowest BCUT2D eigenvalue weighted by Gasteiger charge is -2.14. The van der Waals surface area contributed by atoms with E-state index in [1.54, 1.807) is 37.3 Å². The number of aliphatic carboxylic acids is 1. The SMILES string of the molecule is CCC(Oc1ccc(/C=C2\SC(=S)N(c3ccc(C(=O)O)cc3)C2=O)cc1)C(=O)O. The van der Waals surface area contributed by atoms with Crippen LogP contribution in [0.25, 0.3) is 6.08 Å². The normalized spacial score (nSPS) is 16.0. The minimum absolute atomic E-state index is 0.121. The van der Waals surface area contributed by atoms with Crippen molar-refractivity contribution in [2.45, 2.75) is 19.4 Å². The highest BCUT2D eigenvalue weighted by Crippen LogP contribution is 2.36. The zero-order valence-electron chi connectivity index (χ0n) is 15.8. The van der Waals surface area contributed by atoms with Gasteiger partial charge in [-0.1, -0.05) is 43.0 Å². The molecule has 2 N–H and O–H groups in total. The van der Waals surface area contributed by atoms with Gasteiger partial charge in [0.1, 0.15) is 5.75 Å². The molecule has 0 bridgehead atoms. The standard InChI is InChI=1S/C21H17NO6S2/c1-2-16(20(26)27)28-15-9-3-12(4-10-15)11-17-18(23)22(21(29)30-17)14-7-5-13(6-8-14)19(24)25/h3-11,16H,2H2,1H3,(H,24,25)(H,26,27)/b17-11-. The second-order valence-corrected chi connectivity index (χ2v) is 7.97. The Morgan fingerprint density at radius 3 is 2.30 bits per heavy atom. The van der Waals surface area contributed by atoms with Gasteiger partial charge in [0.05, 0.1) is 16.2 Å². The number of ether oxygens (including phenoxy) is 1. The third-order valence-electron chi connectivity index (χ3n) is 4.27. The van der Waals surface area contributed by atoms with Crippen LogP contribution in [-0.2, 0) is 9.59 Å². The molecule has 3 rings (SSSR count). The van der Waals surface area contributed by atoms with Crippen LogP contribution >= 0.6 is 24.0 Å². The summed E-state index contributed by atoms with van der Waals surface area (Å²) in [6, 6.07) is 12.6. The number of carboxylic acid groups (broad SMARTS) is 2. The minimum atomic E-state index is -1.05. The molecule has 1 fully saturated rings. The van der Waals surface area contributed by atoms with Gasteiger partial charge in [0.2, 0.25) is 0 Å². The topological polar surface area (TPSA) is 104 Å². The highest BCUT2D eigenvalue weighted by Gasteiger charge is 2.33. The molecule has 1 aliphatic heterocycles. The van der Waals surface area contributed by atoms with Crippen molar-refractivity contribution in [3.05, 3.63) is 64.6 Å². The maximum atomic E-state index is 12.8. The summed E-state index contributed by atoms with van der Waals surface area (Å²) >= 11 is 6.47. The van der Waals surface area contributed by atoms with Crippen molar-refractivity contribution in [3.63, 3.8) is 0 Å². The summed E-state index contributed by atoms with van der Waals surface area (Å²) in [6.07, 6.45) is 1.11. The van der Waals surface area contributed by atoms with Crippen LogP contribution in [0.2, 0.25) is 0 Å². The Bertz CT molecular complexity index is 1030. The van der Waals surface area contributed by atoms with Crippen LogP contribution in [0.5, 0.6) is 5.75 Å². The van der Waals surface area contributed by atoms with Gasteiger partial charge < -0.3 is 14.9 Å². The molecule has 1 atom stereocenters. The highest BCUT2D eigenvalue weighted by molar-refractivity contribution is 8.27. The molecule has 0 spiro atoms. The Labute approximate surface area is 182 Å². The molecule has 1 aliphatic rings. The number of thioether (sulfide) groups is 1. The van der Waals surface area contributed by atoms with Crippen molar-refractivity contribution in [2.75, 3.05) is 4.90 Å². The number of carbonyl (C=O) groups excluding carboxylic acids is 1. The van der Waals surface area contributed by atoms with Crippen molar-refractivity contribution in [1.82, 2.24) is 0 Å². The number of carbonyl (C=O) groups is 3. The van der Waals surface area contributed by atoms with E-state index >= 15 is 0 Å². The summed E-state index contributed by atoms with van der Waals surface area (Å²) in [6.45, 7) is 1.73. The van der Waals surface area contributed by atoms with Crippen LogP contribution in [-0.4, -0.2) is 38.5 Å². The van der Waals surface area contributed by atoms with E-state index in [2.05, 4.69) is 0 Å². The maximum absolute atomic E-state index is 12.8. The van der Waals surface area contributed by atoms with Gasteiger partial charge in [-0.25, -0.2) is 9.59 Å². The summed E-state index contributed by atoms with van der Waals surface area (Å²) < 4.78 is 5.78. The molecule has 1 unspecified atom stereocenters. The molecular formula is C21H17NO6S2. The van der Waals surface area contributed by atoms with E-state index in [0.29, 0.717) is 27.1 Å². The van der Waals surface area contributed by atoms with Gasteiger partial charge in [-0.3, -0.25) is 9.69 Å². The molecule has 7 nitrogen and oxygen atoms in total. The summed E-state index contributed by atoms with van der Waals surface area (Å²) in [4.78, 5) is 36.7. The van der Waals surface area contributed by atoms with E-state index in [1.807, 2.05) is 0 Å². The number of anilines is 1. The van der Waals surface area contributed by atoms with Crippen LogP contribution in [0, 0.1) is 0 Å². The van der Waals surface area contributed by atoms with Gasteiger partial charge in [0.25, 0.3) is 5.91 Å². The first-order valence-corrected chi connectivity index (χ1v) is 10.1. The molecule has 2 aromatic rings. The second kappa shape index (κ2) is 9.10. The number of amides is 1. The lowest BCUT2D eigenvalue weighted by Crippen LogP contribution is -2.27. The molecule has 1 heterocycles. The third-order valence-corrected chi connectivity index (χ3v) is 5.57. The number of hydrogen-bond acceptors (Lipinski definition) is 6. The fourth-order valence-corrected chi connectivity index (χ4v) is 4.01. The second-order valence-electron chi connectivity index (χ2n) is 6.29. The van der Waals surface area contributed by atoms with Gasteiger partial charge in [-0.2, -0.15) is 0 Å². The summed E-state index contributed by atoms with van der Waals surface area (Å²) in [5, 5.41) is 18.1. The van der Waals surface area contributed by atoms with Crippen LogP contribution in [0.1, 0.15) is 29.3 Å². The van der Waals surface area contributed by atoms with Gasteiger partial charge >= 0.3 is 11.9 Å². The quantitative estimate of drug-likeness (QED) is 0.488. The number of rotatable bonds is 7. The number of nitrogens with zero attached hydrogens (tertiary/aromatic N) is 1. The lowest BCUT2D eigenvalue weighted by molar-refractivity contribution is -0.145. The van der Waals surface area contributed by atoms with Gasteiger partial charge in [0, 0.05) is 0 Å². The summed E-state index contributed by atoms with van der Waals surface area (Å²) in [5.41, 5.74) is 1.34. The Morgan fingerprint density at radius 1 is 1.13 bits per heavy atom. The summed E-state index contributed by atoms with van der Waals surface area (Å²) in [5.74, 6) is -1.95. The van der Waals surface area contributed by atoms with Crippen LogP contribution < -0.4 is 9.64 Å². The molecule has 30 heavy (non-hydrogen) atoms. The Morgan fingerprint density at radius 2 is 1.77 bits per heavy atom. The smallest absolute Gasteiger partial charge is 0.344 e. The van der Waals surface area contributed by atoms with Crippen LogP contribution in [0.15, 0.2) is 53.4 Å². The molecule has 0 radical (unpaired) electrons. The molecule has 1 saturated heterocycles. The third kappa shape index (κ3) is 4.69.